The first kappa shape index (κ1) is 15.8. The lowest BCUT2D eigenvalue weighted by atomic mass is 9.89. The third-order valence-electron chi connectivity index (χ3n) is 4.41. The molecular weight excluding hydrogens is 264 g/mol. The molecule has 2 N–H and O–H groups in total. The van der Waals surface area contributed by atoms with Gasteiger partial charge < -0.3 is 15.3 Å². The van der Waals surface area contributed by atoms with Crippen molar-refractivity contribution in [3.05, 3.63) is 29.8 Å². The molecule has 0 aliphatic carbocycles. The smallest absolute Gasteiger partial charge is 0.227 e. The molecular formula is C17H26N2O2. The van der Waals surface area contributed by atoms with Crippen LogP contribution in [0.25, 0.3) is 0 Å². The van der Waals surface area contributed by atoms with E-state index >= 15 is 0 Å². The molecule has 0 aromatic heterocycles. The summed E-state index contributed by atoms with van der Waals surface area (Å²) in [4.78, 5) is 14.4. The summed E-state index contributed by atoms with van der Waals surface area (Å²) in [5.41, 5.74) is 0.712. The number of aromatic hydroxyl groups is 1. The van der Waals surface area contributed by atoms with Gasteiger partial charge in [0.15, 0.2) is 0 Å². The van der Waals surface area contributed by atoms with Crippen molar-refractivity contribution in [1.82, 2.24) is 10.2 Å². The fourth-order valence-corrected chi connectivity index (χ4v) is 3.14. The van der Waals surface area contributed by atoms with Crippen LogP contribution >= 0.6 is 0 Å². The molecule has 116 valence electrons. The van der Waals surface area contributed by atoms with Crippen LogP contribution in [-0.2, 0) is 11.2 Å². The first-order valence-electron chi connectivity index (χ1n) is 7.93. The highest BCUT2D eigenvalue weighted by Crippen LogP contribution is 2.22. The van der Waals surface area contributed by atoms with E-state index in [1.165, 1.54) is 0 Å². The number of amides is 1. The van der Waals surface area contributed by atoms with Crippen molar-refractivity contribution in [2.24, 2.45) is 5.92 Å². The number of piperidine rings is 1. The number of phenolic OH excluding ortho intramolecular Hbond substituents is 1. The van der Waals surface area contributed by atoms with E-state index in [0.29, 0.717) is 17.5 Å². The highest BCUT2D eigenvalue weighted by atomic mass is 16.3. The molecule has 1 fully saturated rings. The quantitative estimate of drug-likeness (QED) is 0.874. The van der Waals surface area contributed by atoms with Crippen molar-refractivity contribution in [2.45, 2.75) is 39.2 Å². The molecule has 0 radical (unpaired) electrons. The van der Waals surface area contributed by atoms with E-state index in [0.717, 1.165) is 32.5 Å². The lowest BCUT2D eigenvalue weighted by Gasteiger charge is -2.38. The number of carbonyl (C=O) groups is 1. The number of nitrogens with one attached hydrogen (secondary N) is 1. The molecule has 4 heteroatoms. The molecule has 1 heterocycles. The molecule has 1 aromatic carbocycles. The zero-order valence-electron chi connectivity index (χ0n) is 13.0. The lowest BCUT2D eigenvalue weighted by Crippen LogP contribution is -2.51. The Labute approximate surface area is 127 Å². The summed E-state index contributed by atoms with van der Waals surface area (Å²) in [5.74, 6) is 0.845. The SMILES string of the molecule is CCNC1CCN(C(=O)Cc2ccccc2O)CC1CC. The maximum atomic E-state index is 12.4. The summed E-state index contributed by atoms with van der Waals surface area (Å²) in [6.45, 7) is 6.92. The van der Waals surface area contributed by atoms with E-state index in [9.17, 15) is 9.90 Å². The van der Waals surface area contributed by atoms with E-state index in [-0.39, 0.29) is 18.1 Å². The number of phenols is 1. The van der Waals surface area contributed by atoms with E-state index in [4.69, 9.17) is 0 Å². The Kier molecular flexibility index (Phi) is 5.62. The molecule has 4 nitrogen and oxygen atoms in total. The molecule has 1 aliphatic rings. The molecule has 0 spiro atoms. The second kappa shape index (κ2) is 7.46. The minimum atomic E-state index is 0.116. The standard InChI is InChI=1S/C17H26N2O2/c1-3-13-12-19(10-9-15(13)18-4-2)17(21)11-14-7-5-6-8-16(14)20/h5-8,13,15,18,20H,3-4,9-12H2,1-2H3. The number of rotatable bonds is 5. The Morgan fingerprint density at radius 1 is 1.38 bits per heavy atom. The number of carbonyl (C=O) groups excluding carboxylic acids is 1. The minimum Gasteiger partial charge on any atom is -0.508 e. The number of nitrogens with zero attached hydrogens (tertiary/aromatic N) is 1. The van der Waals surface area contributed by atoms with Gasteiger partial charge in [0.1, 0.15) is 5.75 Å². The molecule has 1 amide bonds. The second-order valence-electron chi connectivity index (χ2n) is 5.77. The Morgan fingerprint density at radius 3 is 2.81 bits per heavy atom. The van der Waals surface area contributed by atoms with Crippen molar-refractivity contribution in [3.63, 3.8) is 0 Å². The fraction of sp³-hybridized carbons (Fsp3) is 0.588. The van der Waals surface area contributed by atoms with Gasteiger partial charge in [-0.05, 0) is 24.9 Å². The van der Waals surface area contributed by atoms with Crippen molar-refractivity contribution in [3.8, 4) is 5.75 Å². The minimum absolute atomic E-state index is 0.116. The van der Waals surface area contributed by atoms with Crippen molar-refractivity contribution >= 4 is 5.91 Å². The normalized spacial score (nSPS) is 22.3. The van der Waals surface area contributed by atoms with Crippen LogP contribution in [0.15, 0.2) is 24.3 Å². The molecule has 1 aromatic rings. The first-order valence-corrected chi connectivity index (χ1v) is 7.93. The molecule has 2 atom stereocenters. The second-order valence-corrected chi connectivity index (χ2v) is 5.77. The van der Waals surface area contributed by atoms with Crippen LogP contribution in [0.1, 0.15) is 32.3 Å². The van der Waals surface area contributed by atoms with Gasteiger partial charge in [0.25, 0.3) is 0 Å². The third kappa shape index (κ3) is 3.97. The molecule has 21 heavy (non-hydrogen) atoms. The fourth-order valence-electron chi connectivity index (χ4n) is 3.14. The third-order valence-corrected chi connectivity index (χ3v) is 4.41. The van der Waals surface area contributed by atoms with Crippen LogP contribution in [0.3, 0.4) is 0 Å². The maximum absolute atomic E-state index is 12.4. The van der Waals surface area contributed by atoms with E-state index in [1.54, 1.807) is 12.1 Å². The largest absolute Gasteiger partial charge is 0.508 e. The molecule has 1 aliphatic heterocycles. The number of hydrogen-bond acceptors (Lipinski definition) is 3. The summed E-state index contributed by atoms with van der Waals surface area (Å²) in [5, 5.41) is 13.3. The summed E-state index contributed by atoms with van der Waals surface area (Å²) in [6, 6.07) is 7.60. The monoisotopic (exact) mass is 290 g/mol. The first-order chi connectivity index (χ1) is 10.2. The van der Waals surface area contributed by atoms with Crippen molar-refractivity contribution in [1.29, 1.82) is 0 Å². The summed E-state index contributed by atoms with van der Waals surface area (Å²) in [6.07, 6.45) is 2.38. The zero-order chi connectivity index (χ0) is 15.2. The van der Waals surface area contributed by atoms with E-state index in [1.807, 2.05) is 17.0 Å². The highest BCUT2D eigenvalue weighted by molar-refractivity contribution is 5.79. The Hall–Kier alpha value is -1.55. The van der Waals surface area contributed by atoms with Crippen LogP contribution in [0.2, 0.25) is 0 Å². The Bertz CT molecular complexity index is 476. The topological polar surface area (TPSA) is 52.6 Å². The van der Waals surface area contributed by atoms with E-state index < -0.39 is 0 Å². The van der Waals surface area contributed by atoms with Crippen molar-refractivity contribution in [2.75, 3.05) is 19.6 Å². The zero-order valence-corrected chi connectivity index (χ0v) is 13.0. The van der Waals surface area contributed by atoms with Crippen molar-refractivity contribution < 1.29 is 9.90 Å². The van der Waals surface area contributed by atoms with Crippen LogP contribution in [-0.4, -0.2) is 41.6 Å². The Balaban J connectivity index is 1.96. The van der Waals surface area contributed by atoms with Gasteiger partial charge in [-0.15, -0.1) is 0 Å². The average molecular weight is 290 g/mol. The maximum Gasteiger partial charge on any atom is 0.227 e. The van der Waals surface area contributed by atoms with Crippen LogP contribution in [0, 0.1) is 5.92 Å². The number of para-hydroxylation sites is 1. The molecule has 2 unspecified atom stereocenters. The summed E-state index contributed by atoms with van der Waals surface area (Å²) < 4.78 is 0. The van der Waals surface area contributed by atoms with Crippen LogP contribution < -0.4 is 5.32 Å². The van der Waals surface area contributed by atoms with Gasteiger partial charge in [-0.25, -0.2) is 0 Å². The lowest BCUT2D eigenvalue weighted by molar-refractivity contribution is -0.132. The number of likely N-dealkylation sites (tertiary alicyclic amines) is 1. The van der Waals surface area contributed by atoms with E-state index in [2.05, 4.69) is 19.2 Å². The van der Waals surface area contributed by atoms with Crippen LogP contribution in [0.4, 0.5) is 0 Å². The van der Waals surface area contributed by atoms with Gasteiger partial charge in [0, 0.05) is 24.7 Å². The molecule has 0 bridgehead atoms. The highest BCUT2D eigenvalue weighted by Gasteiger charge is 2.29. The van der Waals surface area contributed by atoms with Gasteiger partial charge in [0.2, 0.25) is 5.91 Å². The average Bonchev–Trinajstić information content (AvgIpc) is 2.50. The number of hydrogen-bond donors (Lipinski definition) is 2. The predicted octanol–water partition coefficient (Wildman–Crippen LogP) is 2.17. The number of benzene rings is 1. The molecule has 1 saturated heterocycles. The molecule has 2 rings (SSSR count). The summed E-state index contributed by atoms with van der Waals surface area (Å²) in [7, 11) is 0. The molecule has 0 saturated carbocycles. The van der Waals surface area contributed by atoms with Gasteiger partial charge in [-0.2, -0.15) is 0 Å². The van der Waals surface area contributed by atoms with Gasteiger partial charge in [0.05, 0.1) is 6.42 Å². The summed E-state index contributed by atoms with van der Waals surface area (Å²) >= 11 is 0. The van der Waals surface area contributed by atoms with Gasteiger partial charge >= 0.3 is 0 Å². The van der Waals surface area contributed by atoms with Gasteiger partial charge in [-0.1, -0.05) is 38.5 Å². The van der Waals surface area contributed by atoms with Crippen LogP contribution in [0.5, 0.6) is 5.75 Å². The predicted molar refractivity (Wildman–Crippen MR) is 84.3 cm³/mol. The van der Waals surface area contributed by atoms with Gasteiger partial charge in [-0.3, -0.25) is 4.79 Å². The Morgan fingerprint density at radius 2 is 2.14 bits per heavy atom.